The predicted octanol–water partition coefficient (Wildman–Crippen LogP) is 4.50. The highest BCUT2D eigenvalue weighted by Gasteiger charge is 2.35. The molecule has 2 aromatic carbocycles. The first-order valence-electron chi connectivity index (χ1n) is 10.5. The second-order valence-electron chi connectivity index (χ2n) is 8.18. The second-order valence-corrected chi connectivity index (χ2v) is 8.18. The monoisotopic (exact) mass is 447 g/mol. The standard InChI is InChI=1S/C23H24F3N3O3/c24-23(25,26)17-9-7-16(8-10-17)20-19-6-2-1-4-15(19)11-13-29(20)21(30)27-18-5-3-12-28(14-18)22(31)32/h1-2,4,6-10,18,20H,3,5,11-14H2,(H,27,30)(H,31,32). The van der Waals surface area contributed by atoms with Gasteiger partial charge in [-0.2, -0.15) is 13.2 Å². The Hall–Kier alpha value is -3.23. The number of carboxylic acid groups (broad SMARTS) is 1. The first kappa shape index (κ1) is 22.0. The zero-order valence-corrected chi connectivity index (χ0v) is 17.3. The Kier molecular flexibility index (Phi) is 5.99. The molecule has 2 aromatic rings. The zero-order valence-electron chi connectivity index (χ0n) is 17.3. The lowest BCUT2D eigenvalue weighted by atomic mass is 9.88. The fourth-order valence-electron chi connectivity index (χ4n) is 4.53. The van der Waals surface area contributed by atoms with Gasteiger partial charge in [-0.3, -0.25) is 0 Å². The van der Waals surface area contributed by atoms with Crippen molar-refractivity contribution < 1.29 is 27.9 Å². The summed E-state index contributed by atoms with van der Waals surface area (Å²) >= 11 is 0. The number of carbonyl (C=O) groups excluding carboxylic acids is 1. The number of urea groups is 1. The number of rotatable bonds is 2. The van der Waals surface area contributed by atoms with E-state index in [0.717, 1.165) is 23.3 Å². The number of likely N-dealkylation sites (tertiary alicyclic amines) is 1. The van der Waals surface area contributed by atoms with Crippen LogP contribution in [0, 0.1) is 0 Å². The van der Waals surface area contributed by atoms with Crippen molar-refractivity contribution in [2.75, 3.05) is 19.6 Å². The number of nitrogens with one attached hydrogen (secondary N) is 1. The summed E-state index contributed by atoms with van der Waals surface area (Å²) in [6.45, 7) is 1.06. The van der Waals surface area contributed by atoms with Crippen LogP contribution >= 0.6 is 0 Å². The van der Waals surface area contributed by atoms with E-state index in [-0.39, 0.29) is 18.6 Å². The summed E-state index contributed by atoms with van der Waals surface area (Å²) in [5.41, 5.74) is 1.79. The Bertz CT molecular complexity index is 994. The smallest absolute Gasteiger partial charge is 0.416 e. The van der Waals surface area contributed by atoms with E-state index in [9.17, 15) is 27.9 Å². The fraction of sp³-hybridized carbons (Fsp3) is 0.391. The molecule has 0 saturated carbocycles. The van der Waals surface area contributed by atoms with E-state index in [0.29, 0.717) is 37.9 Å². The summed E-state index contributed by atoms with van der Waals surface area (Å²) in [6.07, 6.45) is -3.49. The third-order valence-corrected chi connectivity index (χ3v) is 6.12. The van der Waals surface area contributed by atoms with Crippen LogP contribution in [-0.2, 0) is 12.6 Å². The van der Waals surface area contributed by atoms with Gasteiger partial charge in [0, 0.05) is 25.7 Å². The van der Waals surface area contributed by atoms with Crippen LogP contribution in [-0.4, -0.2) is 52.7 Å². The van der Waals surface area contributed by atoms with Gasteiger partial charge < -0.3 is 20.2 Å². The summed E-state index contributed by atoms with van der Waals surface area (Å²) in [5, 5.41) is 12.2. The first-order chi connectivity index (χ1) is 15.2. The number of nitrogens with zero attached hydrogens (tertiary/aromatic N) is 2. The summed E-state index contributed by atoms with van der Waals surface area (Å²) in [5.74, 6) is 0. The van der Waals surface area contributed by atoms with Crippen LogP contribution in [0.5, 0.6) is 0 Å². The van der Waals surface area contributed by atoms with Crippen molar-refractivity contribution >= 4 is 12.1 Å². The SMILES string of the molecule is O=C(O)N1CCCC(NC(=O)N2CCc3ccccc3C2c2ccc(C(F)(F)F)cc2)C1. The number of amides is 3. The summed E-state index contributed by atoms with van der Waals surface area (Å²) in [6, 6.07) is 11.3. The zero-order chi connectivity index (χ0) is 22.9. The van der Waals surface area contributed by atoms with Crippen molar-refractivity contribution in [3.8, 4) is 0 Å². The van der Waals surface area contributed by atoms with Crippen molar-refractivity contribution in [1.82, 2.24) is 15.1 Å². The van der Waals surface area contributed by atoms with Crippen molar-refractivity contribution in [2.24, 2.45) is 0 Å². The molecule has 32 heavy (non-hydrogen) atoms. The van der Waals surface area contributed by atoms with Gasteiger partial charge >= 0.3 is 18.3 Å². The molecule has 170 valence electrons. The van der Waals surface area contributed by atoms with E-state index < -0.39 is 23.9 Å². The van der Waals surface area contributed by atoms with Gasteiger partial charge in [-0.25, -0.2) is 9.59 Å². The fourth-order valence-corrected chi connectivity index (χ4v) is 4.53. The average Bonchev–Trinajstić information content (AvgIpc) is 2.78. The Labute approximate surface area is 183 Å². The molecular formula is C23H24F3N3O3. The summed E-state index contributed by atoms with van der Waals surface area (Å²) < 4.78 is 39.1. The van der Waals surface area contributed by atoms with Crippen molar-refractivity contribution in [3.05, 3.63) is 70.8 Å². The van der Waals surface area contributed by atoms with Gasteiger partial charge in [0.15, 0.2) is 0 Å². The molecule has 0 spiro atoms. The molecule has 2 heterocycles. The first-order valence-corrected chi connectivity index (χ1v) is 10.5. The van der Waals surface area contributed by atoms with E-state index in [1.165, 1.54) is 17.0 Å². The normalized spacial score (nSPS) is 21.1. The van der Waals surface area contributed by atoms with E-state index in [1.54, 1.807) is 4.90 Å². The van der Waals surface area contributed by atoms with Crippen molar-refractivity contribution in [1.29, 1.82) is 0 Å². The molecule has 2 atom stereocenters. The minimum Gasteiger partial charge on any atom is -0.465 e. The van der Waals surface area contributed by atoms with Crippen LogP contribution in [0.15, 0.2) is 48.5 Å². The van der Waals surface area contributed by atoms with Gasteiger partial charge in [-0.05, 0) is 48.1 Å². The molecule has 2 unspecified atom stereocenters. The molecule has 2 aliphatic heterocycles. The van der Waals surface area contributed by atoms with Crippen LogP contribution in [0.25, 0.3) is 0 Å². The largest absolute Gasteiger partial charge is 0.465 e. The Morgan fingerprint density at radius 2 is 1.75 bits per heavy atom. The highest BCUT2D eigenvalue weighted by atomic mass is 19.4. The van der Waals surface area contributed by atoms with Gasteiger partial charge in [0.1, 0.15) is 0 Å². The molecule has 2 N–H and O–H groups in total. The maximum Gasteiger partial charge on any atom is 0.416 e. The van der Waals surface area contributed by atoms with Crippen LogP contribution < -0.4 is 5.32 Å². The molecule has 0 aliphatic carbocycles. The van der Waals surface area contributed by atoms with E-state index in [4.69, 9.17) is 0 Å². The average molecular weight is 447 g/mol. The van der Waals surface area contributed by atoms with Gasteiger partial charge in [0.05, 0.1) is 11.6 Å². The molecule has 6 nitrogen and oxygen atoms in total. The molecule has 0 aromatic heterocycles. The number of halogens is 3. The lowest BCUT2D eigenvalue weighted by Gasteiger charge is -2.39. The molecule has 2 aliphatic rings. The topological polar surface area (TPSA) is 72.9 Å². The second kappa shape index (κ2) is 8.72. The Balaban J connectivity index is 1.60. The Morgan fingerprint density at radius 3 is 2.44 bits per heavy atom. The van der Waals surface area contributed by atoms with Gasteiger partial charge in [-0.1, -0.05) is 36.4 Å². The van der Waals surface area contributed by atoms with Crippen LogP contribution in [0.2, 0.25) is 0 Å². The van der Waals surface area contributed by atoms with Crippen LogP contribution in [0.1, 0.15) is 41.1 Å². The van der Waals surface area contributed by atoms with Crippen LogP contribution in [0.4, 0.5) is 22.8 Å². The molecular weight excluding hydrogens is 423 g/mol. The summed E-state index contributed by atoms with van der Waals surface area (Å²) in [4.78, 5) is 27.4. The quantitative estimate of drug-likeness (QED) is 0.712. The maximum absolute atomic E-state index is 13.2. The van der Waals surface area contributed by atoms with Gasteiger partial charge in [0.25, 0.3) is 0 Å². The van der Waals surface area contributed by atoms with E-state index in [1.807, 2.05) is 24.3 Å². The van der Waals surface area contributed by atoms with Crippen molar-refractivity contribution in [3.63, 3.8) is 0 Å². The third-order valence-electron chi connectivity index (χ3n) is 6.12. The van der Waals surface area contributed by atoms with Crippen LogP contribution in [0.3, 0.4) is 0 Å². The third kappa shape index (κ3) is 4.51. The van der Waals surface area contributed by atoms with Gasteiger partial charge in [0.2, 0.25) is 0 Å². The number of hydrogen-bond acceptors (Lipinski definition) is 2. The molecule has 0 bridgehead atoms. The number of benzene rings is 2. The van der Waals surface area contributed by atoms with E-state index in [2.05, 4.69) is 5.32 Å². The molecule has 1 fully saturated rings. The number of piperidine rings is 1. The van der Waals surface area contributed by atoms with E-state index >= 15 is 0 Å². The molecule has 9 heteroatoms. The highest BCUT2D eigenvalue weighted by Crippen LogP contribution is 2.37. The number of fused-ring (bicyclic) bond motifs is 1. The minimum absolute atomic E-state index is 0.219. The summed E-state index contributed by atoms with van der Waals surface area (Å²) in [7, 11) is 0. The molecule has 1 saturated heterocycles. The molecule has 0 radical (unpaired) electrons. The maximum atomic E-state index is 13.2. The van der Waals surface area contributed by atoms with Crippen molar-refractivity contribution in [2.45, 2.75) is 37.5 Å². The number of hydrogen-bond donors (Lipinski definition) is 2. The lowest BCUT2D eigenvalue weighted by Crippen LogP contribution is -2.54. The number of alkyl halides is 3. The number of carbonyl (C=O) groups is 2. The Morgan fingerprint density at radius 1 is 1.03 bits per heavy atom. The highest BCUT2D eigenvalue weighted by molar-refractivity contribution is 5.76. The molecule has 3 amide bonds. The lowest BCUT2D eigenvalue weighted by molar-refractivity contribution is -0.137. The predicted molar refractivity (Wildman–Crippen MR) is 111 cm³/mol. The van der Waals surface area contributed by atoms with Gasteiger partial charge in [-0.15, -0.1) is 0 Å². The molecule has 4 rings (SSSR count). The minimum atomic E-state index is -4.43.